The number of nitrogens with one attached hydrogen (secondary N) is 1. The number of ether oxygens (including phenoxy) is 2. The maximum absolute atomic E-state index is 6.09. The highest BCUT2D eigenvalue weighted by Crippen LogP contribution is 2.26. The Labute approximate surface area is 119 Å². The van der Waals surface area contributed by atoms with Crippen LogP contribution in [-0.2, 0) is 4.74 Å². The van der Waals surface area contributed by atoms with Gasteiger partial charge in [-0.2, -0.15) is 11.8 Å². The summed E-state index contributed by atoms with van der Waals surface area (Å²) in [5.74, 6) is 3.38. The van der Waals surface area contributed by atoms with E-state index in [-0.39, 0.29) is 6.10 Å². The first-order chi connectivity index (χ1) is 9.42. The molecule has 2 unspecified atom stereocenters. The van der Waals surface area contributed by atoms with Gasteiger partial charge in [0, 0.05) is 18.8 Å². The van der Waals surface area contributed by atoms with Crippen molar-refractivity contribution in [3.05, 3.63) is 29.8 Å². The van der Waals surface area contributed by atoms with Gasteiger partial charge in [0.15, 0.2) is 0 Å². The SMILES string of the molecule is c1cc(OC2CCCSC2)cc(C2CNCCO2)c1. The highest BCUT2D eigenvalue weighted by molar-refractivity contribution is 7.99. The van der Waals surface area contributed by atoms with E-state index in [4.69, 9.17) is 9.47 Å². The summed E-state index contributed by atoms with van der Waals surface area (Å²) in [4.78, 5) is 0. The molecule has 3 nitrogen and oxygen atoms in total. The first-order valence-corrected chi connectivity index (χ1v) is 8.24. The van der Waals surface area contributed by atoms with E-state index in [1.807, 2.05) is 11.8 Å². The van der Waals surface area contributed by atoms with E-state index in [2.05, 4.69) is 29.6 Å². The summed E-state index contributed by atoms with van der Waals surface area (Å²) in [6.45, 7) is 2.63. The number of rotatable bonds is 3. The smallest absolute Gasteiger partial charge is 0.120 e. The van der Waals surface area contributed by atoms with Gasteiger partial charge in [0.05, 0.1) is 12.7 Å². The molecule has 0 aliphatic carbocycles. The van der Waals surface area contributed by atoms with Crippen LogP contribution in [0.25, 0.3) is 0 Å². The Hall–Kier alpha value is -0.710. The van der Waals surface area contributed by atoms with Gasteiger partial charge < -0.3 is 14.8 Å². The molecule has 104 valence electrons. The quantitative estimate of drug-likeness (QED) is 0.921. The Kier molecular flexibility index (Phi) is 4.64. The highest BCUT2D eigenvalue weighted by atomic mass is 32.2. The third kappa shape index (κ3) is 3.65. The minimum Gasteiger partial charge on any atom is -0.490 e. The normalized spacial score (nSPS) is 28.0. The molecule has 0 saturated carbocycles. The van der Waals surface area contributed by atoms with E-state index < -0.39 is 0 Å². The van der Waals surface area contributed by atoms with Gasteiger partial charge in [0.2, 0.25) is 0 Å². The molecule has 0 radical (unpaired) electrons. The molecule has 3 rings (SSSR count). The fourth-order valence-corrected chi connectivity index (χ4v) is 3.60. The van der Waals surface area contributed by atoms with E-state index >= 15 is 0 Å². The Morgan fingerprint density at radius 2 is 2.37 bits per heavy atom. The third-order valence-corrected chi connectivity index (χ3v) is 4.76. The van der Waals surface area contributed by atoms with Crippen molar-refractivity contribution in [3.63, 3.8) is 0 Å². The largest absolute Gasteiger partial charge is 0.490 e. The van der Waals surface area contributed by atoms with E-state index in [0.717, 1.165) is 31.2 Å². The van der Waals surface area contributed by atoms with Gasteiger partial charge >= 0.3 is 0 Å². The highest BCUT2D eigenvalue weighted by Gasteiger charge is 2.18. The molecular formula is C15H21NO2S. The summed E-state index contributed by atoms with van der Waals surface area (Å²) >= 11 is 1.99. The van der Waals surface area contributed by atoms with Crippen LogP contribution in [0.4, 0.5) is 0 Å². The van der Waals surface area contributed by atoms with Gasteiger partial charge in [-0.25, -0.2) is 0 Å². The third-order valence-electron chi connectivity index (χ3n) is 3.58. The number of benzene rings is 1. The van der Waals surface area contributed by atoms with Crippen LogP contribution in [0.5, 0.6) is 5.75 Å². The minimum absolute atomic E-state index is 0.165. The van der Waals surface area contributed by atoms with Gasteiger partial charge in [-0.1, -0.05) is 12.1 Å². The van der Waals surface area contributed by atoms with E-state index in [1.54, 1.807) is 0 Å². The zero-order valence-corrected chi connectivity index (χ0v) is 12.0. The lowest BCUT2D eigenvalue weighted by Gasteiger charge is -2.26. The zero-order valence-electron chi connectivity index (χ0n) is 11.1. The second-order valence-corrected chi connectivity index (χ2v) is 6.24. The zero-order chi connectivity index (χ0) is 12.9. The number of morpholine rings is 1. The van der Waals surface area contributed by atoms with Crippen molar-refractivity contribution in [3.8, 4) is 5.75 Å². The Morgan fingerprint density at radius 3 is 3.16 bits per heavy atom. The monoisotopic (exact) mass is 279 g/mol. The number of hydrogen-bond acceptors (Lipinski definition) is 4. The summed E-state index contributed by atoms with van der Waals surface area (Å²) in [6, 6.07) is 8.38. The molecule has 1 N–H and O–H groups in total. The van der Waals surface area contributed by atoms with E-state index in [1.165, 1.54) is 24.2 Å². The van der Waals surface area contributed by atoms with Crippen LogP contribution in [-0.4, -0.2) is 37.3 Å². The molecule has 1 aromatic carbocycles. The molecule has 2 heterocycles. The standard InChI is InChI=1S/C15H21NO2S/c1-3-12(15-10-16-6-7-17-15)9-13(4-1)18-14-5-2-8-19-11-14/h1,3-4,9,14-16H,2,5-8,10-11H2. The van der Waals surface area contributed by atoms with Gasteiger partial charge in [-0.05, 0) is 36.3 Å². The van der Waals surface area contributed by atoms with Crippen LogP contribution < -0.4 is 10.1 Å². The Bertz CT molecular complexity index is 401. The molecule has 2 aliphatic rings. The number of hydrogen-bond donors (Lipinski definition) is 1. The van der Waals surface area contributed by atoms with Crippen molar-refractivity contribution >= 4 is 11.8 Å². The minimum atomic E-state index is 0.165. The maximum atomic E-state index is 6.09. The van der Waals surface area contributed by atoms with E-state index in [0.29, 0.717) is 6.10 Å². The molecule has 0 spiro atoms. The van der Waals surface area contributed by atoms with Crippen molar-refractivity contribution in [2.45, 2.75) is 25.0 Å². The topological polar surface area (TPSA) is 30.5 Å². The van der Waals surface area contributed by atoms with Crippen molar-refractivity contribution in [1.82, 2.24) is 5.32 Å². The Balaban J connectivity index is 1.64. The van der Waals surface area contributed by atoms with Crippen molar-refractivity contribution in [2.24, 2.45) is 0 Å². The molecular weight excluding hydrogens is 258 g/mol. The van der Waals surface area contributed by atoms with Crippen LogP contribution in [0.15, 0.2) is 24.3 Å². The average molecular weight is 279 g/mol. The number of thioether (sulfide) groups is 1. The average Bonchev–Trinajstić information content (AvgIpc) is 2.49. The van der Waals surface area contributed by atoms with Crippen LogP contribution in [0.2, 0.25) is 0 Å². The molecule has 4 heteroatoms. The van der Waals surface area contributed by atoms with Crippen molar-refractivity contribution < 1.29 is 9.47 Å². The first-order valence-electron chi connectivity index (χ1n) is 7.08. The lowest BCUT2D eigenvalue weighted by atomic mass is 10.1. The summed E-state index contributed by atoms with van der Waals surface area (Å²) in [6.07, 6.45) is 2.99. The summed E-state index contributed by atoms with van der Waals surface area (Å²) in [5, 5.41) is 3.37. The molecule has 0 bridgehead atoms. The predicted octanol–water partition coefficient (Wildman–Crippen LogP) is 2.62. The summed E-state index contributed by atoms with van der Waals surface area (Å²) in [7, 11) is 0. The maximum Gasteiger partial charge on any atom is 0.120 e. The lowest BCUT2D eigenvalue weighted by Crippen LogP contribution is -2.33. The van der Waals surface area contributed by atoms with Gasteiger partial charge in [-0.15, -0.1) is 0 Å². The molecule has 2 saturated heterocycles. The fourth-order valence-electron chi connectivity index (χ4n) is 2.56. The predicted molar refractivity (Wildman–Crippen MR) is 79.0 cm³/mol. The van der Waals surface area contributed by atoms with Crippen LogP contribution >= 0.6 is 11.8 Å². The fraction of sp³-hybridized carbons (Fsp3) is 0.600. The second kappa shape index (κ2) is 6.64. The first kappa shape index (κ1) is 13.3. The molecule has 0 amide bonds. The van der Waals surface area contributed by atoms with Crippen LogP contribution in [0, 0.1) is 0 Å². The van der Waals surface area contributed by atoms with E-state index in [9.17, 15) is 0 Å². The van der Waals surface area contributed by atoms with Gasteiger partial charge in [0.1, 0.15) is 11.9 Å². The molecule has 2 aliphatic heterocycles. The van der Waals surface area contributed by atoms with Gasteiger partial charge in [-0.3, -0.25) is 0 Å². The Morgan fingerprint density at radius 1 is 1.37 bits per heavy atom. The molecule has 19 heavy (non-hydrogen) atoms. The lowest BCUT2D eigenvalue weighted by molar-refractivity contribution is 0.0275. The molecule has 2 atom stereocenters. The summed E-state index contributed by atoms with van der Waals surface area (Å²) in [5.41, 5.74) is 1.22. The molecule has 1 aromatic rings. The van der Waals surface area contributed by atoms with Crippen LogP contribution in [0.3, 0.4) is 0 Å². The second-order valence-electron chi connectivity index (χ2n) is 5.09. The van der Waals surface area contributed by atoms with Crippen LogP contribution in [0.1, 0.15) is 24.5 Å². The van der Waals surface area contributed by atoms with Crippen molar-refractivity contribution in [2.75, 3.05) is 31.2 Å². The molecule has 0 aromatic heterocycles. The van der Waals surface area contributed by atoms with Gasteiger partial charge in [0.25, 0.3) is 0 Å². The molecule has 2 fully saturated rings. The summed E-state index contributed by atoms with van der Waals surface area (Å²) < 4.78 is 11.9. The van der Waals surface area contributed by atoms with Crippen molar-refractivity contribution in [1.29, 1.82) is 0 Å².